The van der Waals surface area contributed by atoms with Crippen molar-refractivity contribution in [3.05, 3.63) is 122 Å². The van der Waals surface area contributed by atoms with Crippen molar-refractivity contribution in [2.45, 2.75) is 0 Å². The SMILES string of the molecule is [Ir].[c-]1ccccc1-c1nccc2ccccc12.[c-]1nc2ccccc2n1-c1ccccn1. The molecule has 0 unspecified atom stereocenters. The summed E-state index contributed by atoms with van der Waals surface area (Å²) in [6.07, 6.45) is 6.54. The van der Waals surface area contributed by atoms with Crippen LogP contribution in [0.1, 0.15) is 0 Å². The molecule has 0 aliphatic carbocycles. The van der Waals surface area contributed by atoms with Gasteiger partial charge in [0.15, 0.2) is 0 Å². The molecule has 0 fully saturated rings. The zero-order chi connectivity index (χ0) is 20.9. The predicted octanol–water partition coefficient (Wildman–Crippen LogP) is 5.92. The van der Waals surface area contributed by atoms with Gasteiger partial charge in [-0.3, -0.25) is 4.98 Å². The van der Waals surface area contributed by atoms with E-state index in [1.54, 1.807) is 6.20 Å². The molecule has 4 nitrogen and oxygen atoms in total. The summed E-state index contributed by atoms with van der Waals surface area (Å²) in [6, 6.07) is 35.1. The van der Waals surface area contributed by atoms with E-state index in [1.165, 1.54) is 10.8 Å². The van der Waals surface area contributed by atoms with E-state index in [0.717, 1.165) is 28.1 Å². The van der Waals surface area contributed by atoms with Crippen molar-refractivity contribution in [3.8, 4) is 17.1 Å². The van der Waals surface area contributed by atoms with E-state index in [4.69, 9.17) is 0 Å². The van der Waals surface area contributed by atoms with Gasteiger partial charge < -0.3 is 14.5 Å². The third kappa shape index (κ3) is 4.49. The third-order valence-corrected chi connectivity index (χ3v) is 4.91. The van der Waals surface area contributed by atoms with E-state index in [-0.39, 0.29) is 20.1 Å². The molecule has 0 aliphatic rings. The summed E-state index contributed by atoms with van der Waals surface area (Å²) in [5.41, 5.74) is 4.00. The molecule has 0 atom stereocenters. The second-order valence-electron chi connectivity index (χ2n) is 6.88. The van der Waals surface area contributed by atoms with Crippen molar-refractivity contribution >= 4 is 21.8 Å². The molecule has 5 heteroatoms. The number of aromatic nitrogens is 4. The fourth-order valence-corrected chi connectivity index (χ4v) is 3.44. The molecular weight excluding hydrogens is 573 g/mol. The number of imidazole rings is 1. The Morgan fingerprint density at radius 2 is 1.50 bits per heavy atom. The molecule has 0 aliphatic heterocycles. The van der Waals surface area contributed by atoms with Gasteiger partial charge >= 0.3 is 0 Å². The van der Waals surface area contributed by atoms with Gasteiger partial charge in [0.25, 0.3) is 0 Å². The smallest absolute Gasteiger partial charge is 0.0552 e. The largest absolute Gasteiger partial charge is 0.411 e. The Balaban J connectivity index is 0.000000149. The molecule has 3 aromatic heterocycles. The molecular formula is C27H18IrN4-2. The molecule has 3 heterocycles. The van der Waals surface area contributed by atoms with Crippen LogP contribution in [0.2, 0.25) is 0 Å². The molecule has 0 spiro atoms. The van der Waals surface area contributed by atoms with Crippen LogP contribution in [0.4, 0.5) is 0 Å². The molecule has 0 saturated carbocycles. The minimum atomic E-state index is 0. The number of nitrogens with zero attached hydrogens (tertiary/aromatic N) is 4. The first kappa shape index (κ1) is 21.6. The maximum Gasteiger partial charge on any atom is 0.0552 e. The normalized spacial score (nSPS) is 10.2. The zero-order valence-corrected chi connectivity index (χ0v) is 19.4. The van der Waals surface area contributed by atoms with E-state index < -0.39 is 0 Å². The summed E-state index contributed by atoms with van der Waals surface area (Å²) in [5.74, 6) is 0.839. The van der Waals surface area contributed by atoms with Crippen LogP contribution in [0.15, 0.2) is 109 Å². The first-order chi connectivity index (χ1) is 15.4. The number of rotatable bonds is 2. The topological polar surface area (TPSA) is 43.6 Å². The Kier molecular flexibility index (Phi) is 6.81. The van der Waals surface area contributed by atoms with Gasteiger partial charge in [-0.1, -0.05) is 66.2 Å². The first-order valence-corrected chi connectivity index (χ1v) is 9.97. The van der Waals surface area contributed by atoms with Crippen molar-refractivity contribution in [2.75, 3.05) is 0 Å². The molecule has 32 heavy (non-hydrogen) atoms. The van der Waals surface area contributed by atoms with E-state index in [9.17, 15) is 0 Å². The van der Waals surface area contributed by atoms with Crippen molar-refractivity contribution in [1.29, 1.82) is 0 Å². The molecule has 6 aromatic rings. The standard InChI is InChI=1S/C15H10N.C12H8N3.Ir/c1-2-7-13(8-3-1)15-14-9-5-4-6-12(14)10-11-16-15;1-2-6-11-10(5-1)14-9-15(11)12-7-3-4-8-13-12;/h1-7,9-11H;1-8H;/q2*-1;. The number of fused-ring (bicyclic) bond motifs is 2. The molecule has 157 valence electrons. The van der Waals surface area contributed by atoms with Gasteiger partial charge in [-0.25, -0.2) is 0 Å². The number of hydrogen-bond acceptors (Lipinski definition) is 3. The Bertz CT molecular complexity index is 1420. The number of para-hydroxylation sites is 2. The molecule has 0 bridgehead atoms. The molecule has 1 radical (unpaired) electrons. The summed E-state index contributed by atoms with van der Waals surface area (Å²) < 4.78 is 1.86. The van der Waals surface area contributed by atoms with Gasteiger partial charge in [-0.2, -0.15) is 0 Å². The minimum Gasteiger partial charge on any atom is -0.411 e. The molecule has 6 rings (SSSR count). The van der Waals surface area contributed by atoms with Crippen LogP contribution in [0.5, 0.6) is 0 Å². The third-order valence-electron chi connectivity index (χ3n) is 4.91. The van der Waals surface area contributed by atoms with E-state index in [2.05, 4.69) is 39.5 Å². The van der Waals surface area contributed by atoms with Gasteiger partial charge in [-0.15, -0.1) is 35.9 Å². The fraction of sp³-hybridized carbons (Fsp3) is 0. The second-order valence-corrected chi connectivity index (χ2v) is 6.88. The van der Waals surface area contributed by atoms with Crippen molar-refractivity contribution in [3.63, 3.8) is 0 Å². The zero-order valence-electron chi connectivity index (χ0n) is 17.0. The van der Waals surface area contributed by atoms with Crippen molar-refractivity contribution in [1.82, 2.24) is 19.5 Å². The van der Waals surface area contributed by atoms with Crippen LogP contribution in [-0.2, 0) is 20.1 Å². The summed E-state index contributed by atoms with van der Waals surface area (Å²) in [5, 5.41) is 2.39. The summed E-state index contributed by atoms with van der Waals surface area (Å²) in [6.45, 7) is 0. The molecule has 0 amide bonds. The predicted molar refractivity (Wildman–Crippen MR) is 124 cm³/mol. The summed E-state index contributed by atoms with van der Waals surface area (Å²) in [7, 11) is 0. The van der Waals surface area contributed by atoms with Gasteiger partial charge in [-0.05, 0) is 34.1 Å². The fourth-order valence-electron chi connectivity index (χ4n) is 3.44. The van der Waals surface area contributed by atoms with Crippen LogP contribution < -0.4 is 0 Å². The molecule has 0 saturated heterocycles. The summed E-state index contributed by atoms with van der Waals surface area (Å²) in [4.78, 5) is 12.9. The first-order valence-electron chi connectivity index (χ1n) is 9.97. The quantitative estimate of drug-likeness (QED) is 0.235. The average molecular weight is 591 g/mol. The van der Waals surface area contributed by atoms with Crippen LogP contribution in [0, 0.1) is 12.4 Å². The average Bonchev–Trinajstić information content (AvgIpc) is 3.29. The van der Waals surface area contributed by atoms with Crippen LogP contribution in [0.3, 0.4) is 0 Å². The monoisotopic (exact) mass is 591 g/mol. The second kappa shape index (κ2) is 10.1. The van der Waals surface area contributed by atoms with E-state index >= 15 is 0 Å². The van der Waals surface area contributed by atoms with Crippen molar-refractivity contribution < 1.29 is 20.1 Å². The van der Waals surface area contributed by atoms with Crippen LogP contribution >= 0.6 is 0 Å². The Hall–Kier alpha value is -3.66. The van der Waals surface area contributed by atoms with Gasteiger partial charge in [0.05, 0.1) is 5.82 Å². The Morgan fingerprint density at radius 3 is 2.34 bits per heavy atom. The Labute approximate surface area is 200 Å². The number of hydrogen-bond donors (Lipinski definition) is 0. The van der Waals surface area contributed by atoms with Crippen LogP contribution in [-0.4, -0.2) is 19.5 Å². The maximum atomic E-state index is 4.45. The summed E-state index contributed by atoms with van der Waals surface area (Å²) >= 11 is 0. The van der Waals surface area contributed by atoms with Gasteiger partial charge in [0.2, 0.25) is 0 Å². The van der Waals surface area contributed by atoms with E-state index in [1.807, 2.05) is 95.7 Å². The molecule has 3 aromatic carbocycles. The van der Waals surface area contributed by atoms with E-state index in [0.29, 0.717) is 0 Å². The minimum absolute atomic E-state index is 0. The number of benzene rings is 3. The van der Waals surface area contributed by atoms with Gasteiger partial charge in [0.1, 0.15) is 0 Å². The van der Waals surface area contributed by atoms with Gasteiger partial charge in [0, 0.05) is 38.8 Å². The van der Waals surface area contributed by atoms with Crippen molar-refractivity contribution in [2.24, 2.45) is 0 Å². The van der Waals surface area contributed by atoms with Crippen LogP contribution in [0.25, 0.3) is 38.9 Å². The molecule has 0 N–H and O–H groups in total. The maximum absolute atomic E-state index is 4.45. The Morgan fingerprint density at radius 1 is 0.688 bits per heavy atom. The number of pyridine rings is 2.